The second kappa shape index (κ2) is 12.8. The molecule has 1 aromatic heterocycles. The number of sulfonamides is 1. The smallest absolute Gasteiger partial charge is 0.241 e. The van der Waals surface area contributed by atoms with E-state index in [2.05, 4.69) is 9.71 Å². The molecule has 1 unspecified atom stereocenters. The van der Waals surface area contributed by atoms with E-state index in [9.17, 15) is 17.6 Å². The van der Waals surface area contributed by atoms with Gasteiger partial charge in [0.15, 0.2) is 0 Å². The fraction of sp³-hybridized carbons (Fsp3) is 0.312. The average molecular weight is 609 g/mol. The summed E-state index contributed by atoms with van der Waals surface area (Å²) in [7, 11) is -2.09. The molecule has 2 atom stereocenters. The van der Waals surface area contributed by atoms with Gasteiger partial charge in [0, 0.05) is 42.6 Å². The molecule has 42 heavy (non-hydrogen) atoms. The van der Waals surface area contributed by atoms with Crippen LogP contribution in [0.1, 0.15) is 67.1 Å². The fourth-order valence-electron chi connectivity index (χ4n) is 5.58. The van der Waals surface area contributed by atoms with E-state index in [1.54, 1.807) is 11.1 Å². The van der Waals surface area contributed by atoms with Crippen LogP contribution in [0.15, 0.2) is 84.0 Å². The first-order valence-corrected chi connectivity index (χ1v) is 15.9. The van der Waals surface area contributed by atoms with Crippen LogP contribution in [-0.4, -0.2) is 23.9 Å². The van der Waals surface area contributed by atoms with Gasteiger partial charge in [-0.2, -0.15) is 0 Å². The summed E-state index contributed by atoms with van der Waals surface area (Å²) in [5.74, 6) is -0.0546. The molecule has 1 heterocycles. The van der Waals surface area contributed by atoms with Gasteiger partial charge in [-0.15, -0.1) is 0 Å². The number of fused-ring (bicyclic) bond motifs is 1. The molecular formula is C32H34ClFN4O3S. The molecule has 0 fully saturated rings. The zero-order valence-electron chi connectivity index (χ0n) is 23.6. The monoisotopic (exact) mass is 608 g/mol. The van der Waals surface area contributed by atoms with Crippen molar-refractivity contribution in [2.24, 2.45) is 7.05 Å². The standard InChI is InChI=1S/C32H34ClFN4O3S/c1-3-22(27-11-4-5-12-29(27)33)18-32(39)38(21-31-35-16-17-37(31)2)25-15-14-23-8-6-13-30(28(23)20-25)36-42(40,41)26-10-7-9-24(34)19-26/h4-5,7,9-12,14-17,19-20,22,30,36H,3,6,8,13,18,21H2,1-2H3/t22?,30-/m0/s1. The van der Waals surface area contributed by atoms with E-state index in [0.717, 1.165) is 47.8 Å². The molecule has 0 bridgehead atoms. The van der Waals surface area contributed by atoms with E-state index in [1.807, 2.05) is 67.2 Å². The van der Waals surface area contributed by atoms with Gasteiger partial charge in [-0.05, 0) is 84.7 Å². The number of imidazole rings is 1. The number of nitrogens with zero attached hydrogens (tertiary/aromatic N) is 3. The van der Waals surface area contributed by atoms with Crippen molar-refractivity contribution in [1.29, 1.82) is 0 Å². The van der Waals surface area contributed by atoms with Crippen LogP contribution in [0.2, 0.25) is 5.02 Å². The van der Waals surface area contributed by atoms with E-state index in [1.165, 1.54) is 18.2 Å². The summed E-state index contributed by atoms with van der Waals surface area (Å²) in [6.07, 6.45) is 6.70. The maximum Gasteiger partial charge on any atom is 0.241 e. The van der Waals surface area contributed by atoms with E-state index in [-0.39, 0.29) is 29.7 Å². The Morgan fingerprint density at radius 3 is 2.69 bits per heavy atom. The molecule has 3 aromatic carbocycles. The van der Waals surface area contributed by atoms with Crippen molar-refractivity contribution in [1.82, 2.24) is 14.3 Å². The molecule has 0 radical (unpaired) electrons. The third-order valence-electron chi connectivity index (χ3n) is 7.94. The quantitative estimate of drug-likeness (QED) is 0.217. The summed E-state index contributed by atoms with van der Waals surface area (Å²) in [4.78, 5) is 20.1. The molecule has 1 N–H and O–H groups in total. The molecule has 1 amide bonds. The van der Waals surface area contributed by atoms with Crippen molar-refractivity contribution in [2.75, 3.05) is 4.90 Å². The number of carbonyl (C=O) groups excluding carboxylic acids is 1. The van der Waals surface area contributed by atoms with Gasteiger partial charge in [-0.25, -0.2) is 22.5 Å². The van der Waals surface area contributed by atoms with Crippen LogP contribution in [0.3, 0.4) is 0 Å². The normalized spacial score (nSPS) is 15.7. The molecule has 0 saturated carbocycles. The Morgan fingerprint density at radius 2 is 1.98 bits per heavy atom. The highest BCUT2D eigenvalue weighted by Crippen LogP contribution is 2.36. The maximum atomic E-state index is 14.0. The highest BCUT2D eigenvalue weighted by atomic mass is 35.5. The molecular weight excluding hydrogens is 575 g/mol. The molecule has 0 spiro atoms. The zero-order chi connectivity index (χ0) is 29.9. The van der Waals surface area contributed by atoms with Crippen molar-refractivity contribution < 1.29 is 17.6 Å². The lowest BCUT2D eigenvalue weighted by Crippen LogP contribution is -2.34. The molecule has 5 rings (SSSR count). The molecule has 4 aromatic rings. The summed E-state index contributed by atoms with van der Waals surface area (Å²) in [6, 6.07) is 17.9. The first-order chi connectivity index (χ1) is 20.2. The first-order valence-electron chi connectivity index (χ1n) is 14.1. The van der Waals surface area contributed by atoms with E-state index < -0.39 is 21.9 Å². The minimum absolute atomic E-state index is 0.0708. The number of rotatable bonds is 10. The van der Waals surface area contributed by atoms with E-state index >= 15 is 0 Å². The van der Waals surface area contributed by atoms with E-state index in [4.69, 9.17) is 11.6 Å². The van der Waals surface area contributed by atoms with Crippen LogP contribution in [0.4, 0.5) is 10.1 Å². The number of hydrogen-bond acceptors (Lipinski definition) is 4. The Labute approximate surface area is 251 Å². The van der Waals surface area contributed by atoms with Crippen molar-refractivity contribution >= 4 is 33.2 Å². The van der Waals surface area contributed by atoms with Gasteiger partial charge >= 0.3 is 0 Å². The third-order valence-corrected chi connectivity index (χ3v) is 9.75. The van der Waals surface area contributed by atoms with Gasteiger partial charge in [-0.3, -0.25) is 4.79 Å². The minimum Gasteiger partial charge on any atom is -0.337 e. The highest BCUT2D eigenvalue weighted by Gasteiger charge is 2.29. The molecule has 1 aliphatic rings. The van der Waals surface area contributed by atoms with Crippen molar-refractivity contribution in [3.8, 4) is 0 Å². The number of carbonyl (C=O) groups is 1. The fourth-order valence-corrected chi connectivity index (χ4v) is 7.15. The second-order valence-corrected chi connectivity index (χ2v) is 12.8. The van der Waals surface area contributed by atoms with Crippen LogP contribution < -0.4 is 9.62 Å². The lowest BCUT2D eigenvalue weighted by molar-refractivity contribution is -0.119. The molecule has 0 aliphatic heterocycles. The minimum atomic E-state index is -3.97. The summed E-state index contributed by atoms with van der Waals surface area (Å²) in [5, 5.41) is 0.634. The Bertz CT molecular complexity index is 1690. The van der Waals surface area contributed by atoms with Crippen LogP contribution in [0.25, 0.3) is 0 Å². The maximum absolute atomic E-state index is 14.0. The molecule has 220 valence electrons. The number of hydrogen-bond donors (Lipinski definition) is 1. The van der Waals surface area contributed by atoms with Crippen LogP contribution in [-0.2, 0) is 34.8 Å². The van der Waals surface area contributed by atoms with Gasteiger partial charge in [0.05, 0.1) is 11.4 Å². The first kappa shape index (κ1) is 29.9. The van der Waals surface area contributed by atoms with Crippen LogP contribution in [0, 0.1) is 5.82 Å². The lowest BCUT2D eigenvalue weighted by Gasteiger charge is -2.30. The van der Waals surface area contributed by atoms with Crippen molar-refractivity contribution in [3.05, 3.63) is 112 Å². The molecule has 7 nitrogen and oxygen atoms in total. The predicted octanol–water partition coefficient (Wildman–Crippen LogP) is 6.69. The SMILES string of the molecule is CCC(CC(=O)N(Cc1nccn1C)c1ccc2c(c1)[C@@H](NS(=O)(=O)c1cccc(F)c1)CCC2)c1ccccc1Cl. The summed E-state index contributed by atoms with van der Waals surface area (Å²) in [6.45, 7) is 2.29. The predicted molar refractivity (Wildman–Crippen MR) is 162 cm³/mol. The number of nitrogens with one attached hydrogen (secondary N) is 1. The van der Waals surface area contributed by atoms with Gasteiger partial charge in [0.2, 0.25) is 15.9 Å². The van der Waals surface area contributed by atoms with Crippen LogP contribution in [0.5, 0.6) is 0 Å². The topological polar surface area (TPSA) is 84.3 Å². The number of halogens is 2. The second-order valence-electron chi connectivity index (χ2n) is 10.7. The highest BCUT2D eigenvalue weighted by molar-refractivity contribution is 7.89. The molecule has 0 saturated heterocycles. The Kier molecular flexibility index (Phi) is 9.11. The number of anilines is 1. The number of aromatic nitrogens is 2. The molecule has 10 heteroatoms. The van der Waals surface area contributed by atoms with Crippen LogP contribution >= 0.6 is 11.6 Å². The summed E-state index contributed by atoms with van der Waals surface area (Å²) < 4.78 is 44.9. The zero-order valence-corrected chi connectivity index (χ0v) is 25.2. The number of aryl methyl sites for hydroxylation is 2. The summed E-state index contributed by atoms with van der Waals surface area (Å²) >= 11 is 6.50. The van der Waals surface area contributed by atoms with Gasteiger partial charge in [-0.1, -0.05) is 48.9 Å². The molecule has 1 aliphatic carbocycles. The van der Waals surface area contributed by atoms with Gasteiger partial charge in [0.25, 0.3) is 0 Å². The lowest BCUT2D eigenvalue weighted by atomic mass is 9.87. The largest absolute Gasteiger partial charge is 0.337 e. The number of amides is 1. The summed E-state index contributed by atoms with van der Waals surface area (Å²) in [5.41, 5.74) is 3.43. The average Bonchev–Trinajstić information content (AvgIpc) is 3.39. The Balaban J connectivity index is 1.48. The third kappa shape index (κ3) is 6.59. The van der Waals surface area contributed by atoms with Crippen molar-refractivity contribution in [3.63, 3.8) is 0 Å². The van der Waals surface area contributed by atoms with Crippen molar-refractivity contribution in [2.45, 2.75) is 62.4 Å². The van der Waals surface area contributed by atoms with Gasteiger partial charge in [0.1, 0.15) is 11.6 Å². The Hall–Kier alpha value is -3.53. The van der Waals surface area contributed by atoms with Gasteiger partial charge < -0.3 is 9.47 Å². The Morgan fingerprint density at radius 1 is 1.17 bits per heavy atom. The van der Waals surface area contributed by atoms with E-state index in [0.29, 0.717) is 17.1 Å². The number of benzene rings is 3.